The minimum atomic E-state index is -3.76. The van der Waals surface area contributed by atoms with E-state index in [-0.39, 0.29) is 30.6 Å². The Morgan fingerprint density at radius 1 is 1.00 bits per heavy atom. The van der Waals surface area contributed by atoms with E-state index in [9.17, 15) is 13.2 Å². The van der Waals surface area contributed by atoms with E-state index in [1.165, 1.54) is 24.3 Å². The van der Waals surface area contributed by atoms with Gasteiger partial charge in [0.15, 0.2) is 11.5 Å². The highest BCUT2D eigenvalue weighted by Gasteiger charge is 2.18. The van der Waals surface area contributed by atoms with Crippen LogP contribution < -0.4 is 19.0 Å². The maximum Gasteiger partial charge on any atom is 0.322 e. The molecule has 0 saturated heterocycles. The van der Waals surface area contributed by atoms with Gasteiger partial charge in [0, 0.05) is 12.2 Å². The molecule has 0 atom stereocenters. The van der Waals surface area contributed by atoms with Crippen LogP contribution in [0.25, 0.3) is 0 Å². The molecule has 3 aromatic rings. The van der Waals surface area contributed by atoms with Gasteiger partial charge in [0.2, 0.25) is 0 Å². The Hall–Kier alpha value is -3.66. The molecular formula is C22H24N2O7S. The first-order chi connectivity index (χ1) is 15.3. The molecule has 0 aliphatic rings. The lowest BCUT2D eigenvalue weighted by Gasteiger charge is -2.23. The second-order valence-corrected chi connectivity index (χ2v) is 8.44. The monoisotopic (exact) mass is 460 g/mol. The SMILES string of the molecule is COc1ccc(NC(=O)N(Cc2ccc(OC)c(OS(C)(=O)=O)c2)Cc2ccco2)cc1. The van der Waals surface area contributed by atoms with Crippen LogP contribution in [0.15, 0.2) is 65.3 Å². The summed E-state index contributed by atoms with van der Waals surface area (Å²) in [5.74, 6) is 1.57. The van der Waals surface area contributed by atoms with E-state index in [1.807, 2.05) is 0 Å². The lowest BCUT2D eigenvalue weighted by molar-refractivity contribution is 0.201. The number of methoxy groups -OCH3 is 2. The number of nitrogens with one attached hydrogen (secondary N) is 1. The zero-order valence-corrected chi connectivity index (χ0v) is 18.7. The first kappa shape index (κ1) is 23.0. The molecule has 9 nitrogen and oxygen atoms in total. The van der Waals surface area contributed by atoms with Gasteiger partial charge in [-0.25, -0.2) is 4.79 Å². The molecule has 3 rings (SSSR count). The van der Waals surface area contributed by atoms with Gasteiger partial charge in [-0.2, -0.15) is 8.42 Å². The standard InChI is InChI=1S/C22H24N2O7S/c1-28-18-9-7-17(8-10-18)23-22(25)24(15-19-5-4-12-30-19)14-16-6-11-20(29-2)21(13-16)31-32(3,26)27/h4-13H,14-15H2,1-3H3,(H,23,25). The number of anilines is 1. The van der Waals surface area contributed by atoms with Gasteiger partial charge in [-0.05, 0) is 54.1 Å². The van der Waals surface area contributed by atoms with Crippen LogP contribution in [-0.4, -0.2) is 39.8 Å². The minimum Gasteiger partial charge on any atom is -0.497 e. The molecule has 0 saturated carbocycles. The Morgan fingerprint density at radius 3 is 2.34 bits per heavy atom. The molecule has 1 heterocycles. The fourth-order valence-electron chi connectivity index (χ4n) is 2.94. The molecule has 0 radical (unpaired) electrons. The Bertz CT molecular complexity index is 1140. The number of hydrogen-bond donors (Lipinski definition) is 1. The van der Waals surface area contributed by atoms with Gasteiger partial charge in [0.1, 0.15) is 11.5 Å². The summed E-state index contributed by atoms with van der Waals surface area (Å²) < 4.78 is 43.9. The third kappa shape index (κ3) is 6.42. The van der Waals surface area contributed by atoms with Crippen molar-refractivity contribution in [2.24, 2.45) is 0 Å². The maximum absolute atomic E-state index is 13.0. The van der Waals surface area contributed by atoms with E-state index < -0.39 is 10.1 Å². The summed E-state index contributed by atoms with van der Waals surface area (Å²) in [7, 11) is -0.780. The van der Waals surface area contributed by atoms with Crippen molar-refractivity contribution in [3.05, 3.63) is 72.2 Å². The minimum absolute atomic E-state index is 0.0426. The lowest BCUT2D eigenvalue weighted by atomic mass is 10.2. The largest absolute Gasteiger partial charge is 0.497 e. The topological polar surface area (TPSA) is 107 Å². The predicted octanol–water partition coefficient (Wildman–Crippen LogP) is 3.87. The molecule has 10 heteroatoms. The van der Waals surface area contributed by atoms with Gasteiger partial charge in [-0.3, -0.25) is 0 Å². The van der Waals surface area contributed by atoms with Crippen LogP contribution >= 0.6 is 0 Å². The summed E-state index contributed by atoms with van der Waals surface area (Å²) in [4.78, 5) is 14.5. The van der Waals surface area contributed by atoms with Crippen molar-refractivity contribution in [3.8, 4) is 17.2 Å². The molecule has 2 aromatic carbocycles. The van der Waals surface area contributed by atoms with Crippen LogP contribution in [0.3, 0.4) is 0 Å². The van der Waals surface area contributed by atoms with Gasteiger partial charge in [-0.15, -0.1) is 0 Å². The normalized spacial score (nSPS) is 11.0. The second kappa shape index (κ2) is 10.1. The number of urea groups is 1. The van der Waals surface area contributed by atoms with Gasteiger partial charge in [0.05, 0.1) is 33.3 Å². The zero-order chi connectivity index (χ0) is 23.1. The van der Waals surface area contributed by atoms with E-state index in [0.29, 0.717) is 22.8 Å². The summed E-state index contributed by atoms with van der Waals surface area (Å²) in [6.45, 7) is 0.357. The van der Waals surface area contributed by atoms with E-state index in [0.717, 1.165) is 6.26 Å². The third-order valence-corrected chi connectivity index (χ3v) is 4.88. The van der Waals surface area contributed by atoms with E-state index >= 15 is 0 Å². The molecule has 170 valence electrons. The van der Waals surface area contributed by atoms with Crippen molar-refractivity contribution in [1.82, 2.24) is 4.90 Å². The fraction of sp³-hybridized carbons (Fsp3) is 0.227. The number of amides is 2. The molecule has 2 amide bonds. The number of rotatable bonds is 9. The number of carbonyl (C=O) groups excluding carboxylic acids is 1. The molecule has 0 aliphatic heterocycles. The van der Waals surface area contributed by atoms with Crippen LogP contribution in [0.1, 0.15) is 11.3 Å². The summed E-state index contributed by atoms with van der Waals surface area (Å²) in [5, 5.41) is 2.84. The van der Waals surface area contributed by atoms with Crippen molar-refractivity contribution in [2.75, 3.05) is 25.8 Å². The van der Waals surface area contributed by atoms with Gasteiger partial charge in [-0.1, -0.05) is 6.07 Å². The number of carbonyl (C=O) groups is 1. The number of nitrogens with zero attached hydrogens (tertiary/aromatic N) is 1. The highest BCUT2D eigenvalue weighted by molar-refractivity contribution is 7.86. The Labute approximate surface area is 186 Å². The Kier molecular flexibility index (Phi) is 7.26. The summed E-state index contributed by atoms with van der Waals surface area (Å²) in [6, 6.07) is 14.9. The molecule has 1 N–H and O–H groups in total. The lowest BCUT2D eigenvalue weighted by Crippen LogP contribution is -2.34. The molecule has 0 bridgehead atoms. The highest BCUT2D eigenvalue weighted by Crippen LogP contribution is 2.30. The van der Waals surface area contributed by atoms with E-state index in [1.54, 1.807) is 55.6 Å². The number of hydrogen-bond acceptors (Lipinski definition) is 7. The second-order valence-electron chi connectivity index (χ2n) is 6.87. The molecule has 0 fully saturated rings. The zero-order valence-electron chi connectivity index (χ0n) is 17.9. The predicted molar refractivity (Wildman–Crippen MR) is 118 cm³/mol. The van der Waals surface area contributed by atoms with Crippen LogP contribution in [-0.2, 0) is 23.2 Å². The quantitative estimate of drug-likeness (QED) is 0.483. The van der Waals surface area contributed by atoms with Crippen molar-refractivity contribution in [2.45, 2.75) is 13.1 Å². The first-order valence-corrected chi connectivity index (χ1v) is 11.4. The third-order valence-electron chi connectivity index (χ3n) is 4.40. The number of ether oxygens (including phenoxy) is 2. The van der Waals surface area contributed by atoms with Crippen molar-refractivity contribution < 1.29 is 31.3 Å². The van der Waals surface area contributed by atoms with Gasteiger partial charge < -0.3 is 28.3 Å². The average molecular weight is 461 g/mol. The average Bonchev–Trinajstić information content (AvgIpc) is 3.26. The summed E-state index contributed by atoms with van der Waals surface area (Å²) in [5.41, 5.74) is 1.23. The van der Waals surface area contributed by atoms with Crippen molar-refractivity contribution in [1.29, 1.82) is 0 Å². The van der Waals surface area contributed by atoms with Crippen LogP contribution in [0, 0.1) is 0 Å². The van der Waals surface area contributed by atoms with Crippen molar-refractivity contribution in [3.63, 3.8) is 0 Å². The fourth-order valence-corrected chi connectivity index (χ4v) is 3.39. The maximum atomic E-state index is 13.0. The smallest absolute Gasteiger partial charge is 0.322 e. The van der Waals surface area contributed by atoms with Crippen LogP contribution in [0.4, 0.5) is 10.5 Å². The summed E-state index contributed by atoms with van der Waals surface area (Å²) in [6.07, 6.45) is 2.48. The Morgan fingerprint density at radius 2 is 1.75 bits per heavy atom. The summed E-state index contributed by atoms with van der Waals surface area (Å²) >= 11 is 0. The van der Waals surface area contributed by atoms with E-state index in [2.05, 4.69) is 5.32 Å². The molecular weight excluding hydrogens is 436 g/mol. The molecule has 0 spiro atoms. The molecule has 0 unspecified atom stereocenters. The number of furan rings is 1. The molecule has 0 aliphatic carbocycles. The van der Waals surface area contributed by atoms with Crippen LogP contribution in [0.5, 0.6) is 17.2 Å². The molecule has 32 heavy (non-hydrogen) atoms. The van der Waals surface area contributed by atoms with Gasteiger partial charge >= 0.3 is 16.1 Å². The highest BCUT2D eigenvalue weighted by atomic mass is 32.2. The van der Waals surface area contributed by atoms with E-state index in [4.69, 9.17) is 18.1 Å². The molecule has 1 aromatic heterocycles. The number of benzene rings is 2. The van der Waals surface area contributed by atoms with Crippen LogP contribution in [0.2, 0.25) is 0 Å². The Balaban J connectivity index is 1.83. The van der Waals surface area contributed by atoms with Gasteiger partial charge in [0.25, 0.3) is 0 Å². The first-order valence-electron chi connectivity index (χ1n) is 9.56. The van der Waals surface area contributed by atoms with Crippen molar-refractivity contribution >= 4 is 21.8 Å².